The summed E-state index contributed by atoms with van der Waals surface area (Å²) in [6, 6.07) is 5.52. The first-order chi connectivity index (χ1) is 14.8. The molecule has 31 heavy (non-hydrogen) atoms. The van der Waals surface area contributed by atoms with Crippen molar-refractivity contribution < 1.29 is 33.3 Å². The number of methoxy groups -OCH3 is 4. The minimum Gasteiger partial charge on any atom is -0.497 e. The third-order valence-electron chi connectivity index (χ3n) is 6.71. The molecule has 0 N–H and O–H groups in total. The predicted octanol–water partition coefficient (Wildman–Crippen LogP) is 3.43. The van der Waals surface area contributed by atoms with Gasteiger partial charge in [-0.25, -0.2) is 0 Å². The van der Waals surface area contributed by atoms with E-state index < -0.39 is 29.0 Å². The van der Waals surface area contributed by atoms with Crippen LogP contribution in [0.1, 0.15) is 31.7 Å². The Morgan fingerprint density at radius 3 is 2.32 bits per heavy atom. The molecule has 0 amide bonds. The number of esters is 1. The molecule has 3 rings (SSSR count). The normalized spacial score (nSPS) is 31.6. The van der Waals surface area contributed by atoms with Crippen molar-refractivity contribution >= 4 is 11.8 Å². The van der Waals surface area contributed by atoms with E-state index in [4.69, 9.17) is 23.7 Å². The molecule has 1 saturated carbocycles. The van der Waals surface area contributed by atoms with Crippen LogP contribution in [-0.2, 0) is 23.8 Å². The maximum absolute atomic E-state index is 14.1. The first-order valence-corrected chi connectivity index (χ1v) is 10.1. The van der Waals surface area contributed by atoms with Crippen LogP contribution in [0.25, 0.3) is 0 Å². The van der Waals surface area contributed by atoms with Crippen molar-refractivity contribution in [2.24, 2.45) is 11.3 Å². The SMILES string of the molecule is C=CCC12C=C(OC)C(OC(C)=O)C(OC)(C1=O)C(c1ccc(OC)c(OC)c1)C2C. The van der Waals surface area contributed by atoms with Gasteiger partial charge in [-0.3, -0.25) is 9.59 Å². The second-order valence-corrected chi connectivity index (χ2v) is 7.98. The molecule has 0 aliphatic heterocycles. The smallest absolute Gasteiger partial charge is 0.303 e. The molecule has 5 atom stereocenters. The zero-order valence-electron chi connectivity index (χ0n) is 18.9. The van der Waals surface area contributed by atoms with Gasteiger partial charge >= 0.3 is 5.97 Å². The first kappa shape index (κ1) is 22.9. The molecule has 0 radical (unpaired) electrons. The minimum atomic E-state index is -1.46. The van der Waals surface area contributed by atoms with Crippen molar-refractivity contribution in [2.45, 2.75) is 37.9 Å². The highest BCUT2D eigenvalue weighted by Gasteiger charge is 2.73. The van der Waals surface area contributed by atoms with Crippen LogP contribution in [0.5, 0.6) is 11.5 Å². The lowest BCUT2D eigenvalue weighted by Crippen LogP contribution is -2.58. The number of fused-ring (bicyclic) bond motifs is 2. The van der Waals surface area contributed by atoms with E-state index in [1.165, 1.54) is 21.1 Å². The van der Waals surface area contributed by atoms with Gasteiger partial charge in [0.15, 0.2) is 29.0 Å². The average Bonchev–Trinajstić information content (AvgIpc) is 2.88. The van der Waals surface area contributed by atoms with E-state index in [1.54, 1.807) is 32.4 Å². The molecule has 2 aliphatic rings. The Bertz CT molecular complexity index is 921. The molecular formula is C24H30O7. The van der Waals surface area contributed by atoms with Crippen LogP contribution < -0.4 is 9.47 Å². The topological polar surface area (TPSA) is 80.3 Å². The molecule has 1 fully saturated rings. The molecule has 0 heterocycles. The van der Waals surface area contributed by atoms with Crippen LogP contribution in [0, 0.1) is 11.3 Å². The van der Waals surface area contributed by atoms with Gasteiger partial charge in [0.05, 0.1) is 26.7 Å². The number of benzene rings is 1. The van der Waals surface area contributed by atoms with Gasteiger partial charge in [-0.15, -0.1) is 6.58 Å². The Labute approximate surface area is 183 Å². The molecule has 7 nitrogen and oxygen atoms in total. The number of Topliss-reactive ketones (excluding diaryl/α,β-unsaturated/α-hetero) is 1. The highest BCUT2D eigenvalue weighted by Crippen LogP contribution is 2.63. The Kier molecular flexibility index (Phi) is 6.18. The summed E-state index contributed by atoms with van der Waals surface area (Å²) in [6.45, 7) is 7.17. The van der Waals surface area contributed by atoms with E-state index in [9.17, 15) is 9.59 Å². The van der Waals surface area contributed by atoms with E-state index in [0.29, 0.717) is 23.7 Å². The highest BCUT2D eigenvalue weighted by atomic mass is 16.6. The number of hydrogen-bond acceptors (Lipinski definition) is 7. The van der Waals surface area contributed by atoms with Crippen molar-refractivity contribution in [1.82, 2.24) is 0 Å². The molecule has 0 aromatic heterocycles. The summed E-state index contributed by atoms with van der Waals surface area (Å²) in [6.07, 6.45) is 2.89. The summed E-state index contributed by atoms with van der Waals surface area (Å²) < 4.78 is 28.1. The Morgan fingerprint density at radius 1 is 1.13 bits per heavy atom. The van der Waals surface area contributed by atoms with Crippen LogP contribution >= 0.6 is 0 Å². The number of ketones is 1. The molecule has 0 spiro atoms. The van der Waals surface area contributed by atoms with Gasteiger partial charge < -0.3 is 23.7 Å². The molecule has 168 valence electrons. The standard InChI is InChI=1S/C24H30O7/c1-8-11-23-13-19(29-6)21(31-15(3)25)24(30-7,22(23)26)20(14(23)2)16-9-10-17(27-4)18(12-16)28-5/h8-10,12-14,20-21H,1,11H2,2-7H3. The minimum absolute atomic E-state index is 0.151. The van der Waals surface area contributed by atoms with E-state index in [1.807, 2.05) is 19.1 Å². The molecule has 2 bridgehead atoms. The van der Waals surface area contributed by atoms with E-state index >= 15 is 0 Å². The van der Waals surface area contributed by atoms with Gasteiger partial charge in [-0.2, -0.15) is 0 Å². The Hall–Kier alpha value is -2.80. The van der Waals surface area contributed by atoms with Gasteiger partial charge in [0.2, 0.25) is 0 Å². The van der Waals surface area contributed by atoms with E-state index in [-0.39, 0.29) is 11.7 Å². The maximum atomic E-state index is 14.1. The molecule has 0 saturated heterocycles. The number of carbonyl (C=O) groups excluding carboxylic acids is 2. The van der Waals surface area contributed by atoms with Crippen LogP contribution in [-0.4, -0.2) is 51.9 Å². The van der Waals surface area contributed by atoms with Crippen LogP contribution in [0.3, 0.4) is 0 Å². The summed E-state index contributed by atoms with van der Waals surface area (Å²) in [5.74, 6) is 0.175. The van der Waals surface area contributed by atoms with Crippen LogP contribution in [0.15, 0.2) is 42.7 Å². The molecule has 1 aromatic carbocycles. The number of ether oxygens (including phenoxy) is 5. The summed E-state index contributed by atoms with van der Waals surface area (Å²) >= 11 is 0. The average molecular weight is 430 g/mol. The third-order valence-corrected chi connectivity index (χ3v) is 6.71. The van der Waals surface area contributed by atoms with Crippen LogP contribution in [0.2, 0.25) is 0 Å². The van der Waals surface area contributed by atoms with Gasteiger partial charge in [-0.1, -0.05) is 19.1 Å². The largest absolute Gasteiger partial charge is 0.497 e. The quantitative estimate of drug-likeness (QED) is 0.462. The number of rotatable bonds is 8. The first-order valence-electron chi connectivity index (χ1n) is 10.1. The van der Waals surface area contributed by atoms with Crippen molar-refractivity contribution in [3.8, 4) is 11.5 Å². The van der Waals surface area contributed by atoms with Crippen molar-refractivity contribution in [2.75, 3.05) is 28.4 Å². The Morgan fingerprint density at radius 2 is 1.81 bits per heavy atom. The molecule has 5 unspecified atom stereocenters. The fourth-order valence-corrected chi connectivity index (χ4v) is 5.36. The highest BCUT2D eigenvalue weighted by molar-refractivity contribution is 6.01. The van der Waals surface area contributed by atoms with Gasteiger partial charge in [0.1, 0.15) is 5.76 Å². The predicted molar refractivity (Wildman–Crippen MR) is 114 cm³/mol. The zero-order valence-corrected chi connectivity index (χ0v) is 18.9. The number of carbonyl (C=O) groups is 2. The van der Waals surface area contributed by atoms with E-state index in [2.05, 4.69) is 6.58 Å². The second-order valence-electron chi connectivity index (χ2n) is 7.98. The number of hydrogen-bond donors (Lipinski definition) is 0. The van der Waals surface area contributed by atoms with E-state index in [0.717, 1.165) is 5.56 Å². The van der Waals surface area contributed by atoms with Gasteiger partial charge in [0, 0.05) is 20.0 Å². The fourth-order valence-electron chi connectivity index (χ4n) is 5.36. The molecular weight excluding hydrogens is 400 g/mol. The summed E-state index contributed by atoms with van der Waals surface area (Å²) in [5.41, 5.74) is -1.56. The number of allylic oxidation sites excluding steroid dienone is 2. The van der Waals surface area contributed by atoms with Gasteiger partial charge in [0.25, 0.3) is 0 Å². The summed E-state index contributed by atoms with van der Waals surface area (Å²) in [7, 11) is 6.09. The van der Waals surface area contributed by atoms with Crippen LogP contribution in [0.4, 0.5) is 0 Å². The maximum Gasteiger partial charge on any atom is 0.303 e. The lowest BCUT2D eigenvalue weighted by atomic mass is 9.70. The molecule has 2 aliphatic carbocycles. The van der Waals surface area contributed by atoms with Crippen molar-refractivity contribution in [3.05, 3.63) is 48.3 Å². The summed E-state index contributed by atoms with van der Waals surface area (Å²) in [4.78, 5) is 26.1. The fraction of sp³-hybridized carbons (Fsp3) is 0.500. The second kappa shape index (κ2) is 8.38. The lowest BCUT2D eigenvalue weighted by molar-refractivity contribution is -0.177. The summed E-state index contributed by atoms with van der Waals surface area (Å²) in [5, 5.41) is 0. The molecule has 1 aromatic rings. The Balaban J connectivity index is 2.31. The van der Waals surface area contributed by atoms with Crippen molar-refractivity contribution in [1.29, 1.82) is 0 Å². The van der Waals surface area contributed by atoms with Gasteiger partial charge in [-0.05, 0) is 36.1 Å². The van der Waals surface area contributed by atoms with Crippen molar-refractivity contribution in [3.63, 3.8) is 0 Å². The monoisotopic (exact) mass is 430 g/mol. The zero-order chi connectivity index (χ0) is 23.0. The molecule has 7 heteroatoms. The lowest BCUT2D eigenvalue weighted by Gasteiger charge is -2.42. The third kappa shape index (κ3) is 3.14.